The number of carbonyl (C=O) groups is 1. The highest BCUT2D eigenvalue weighted by Crippen LogP contribution is 2.47. The van der Waals surface area contributed by atoms with E-state index in [0.29, 0.717) is 13.0 Å². The third-order valence-electron chi connectivity index (χ3n) is 6.67. The van der Waals surface area contributed by atoms with Crippen molar-refractivity contribution in [2.75, 3.05) is 51.2 Å². The summed E-state index contributed by atoms with van der Waals surface area (Å²) in [5.41, 5.74) is 3.52. The molecule has 0 aliphatic carbocycles. The van der Waals surface area contributed by atoms with Gasteiger partial charge in [0, 0.05) is 55.5 Å². The molecule has 0 spiro atoms. The van der Waals surface area contributed by atoms with Crippen molar-refractivity contribution in [2.45, 2.75) is 22.3 Å². The molecule has 34 heavy (non-hydrogen) atoms. The van der Waals surface area contributed by atoms with E-state index in [1.807, 2.05) is 6.07 Å². The summed E-state index contributed by atoms with van der Waals surface area (Å²) in [6.45, 7) is 5.71. The lowest BCUT2D eigenvalue weighted by Gasteiger charge is -2.35. The van der Waals surface area contributed by atoms with Crippen LogP contribution in [0.25, 0.3) is 0 Å². The van der Waals surface area contributed by atoms with Crippen LogP contribution in [0, 0.1) is 0 Å². The van der Waals surface area contributed by atoms with Gasteiger partial charge in [-0.2, -0.15) is 0 Å². The molecule has 1 amide bonds. The number of benzene rings is 3. The average Bonchev–Trinajstić information content (AvgIpc) is 2.88. The molecule has 1 N–H and O–H groups in total. The van der Waals surface area contributed by atoms with E-state index in [1.54, 1.807) is 11.8 Å². The maximum atomic E-state index is 13.2. The number of hydrogen-bond donors (Lipinski definition) is 1. The lowest BCUT2D eigenvalue weighted by Crippen LogP contribution is -2.48. The molecule has 0 bridgehead atoms. The molecule has 176 valence electrons. The third kappa shape index (κ3) is 5.30. The van der Waals surface area contributed by atoms with Gasteiger partial charge >= 0.3 is 0 Å². The molecule has 0 saturated carbocycles. The minimum atomic E-state index is -0.00594. The van der Waals surface area contributed by atoms with Gasteiger partial charge in [-0.25, -0.2) is 0 Å². The Hall–Kier alpha value is -2.80. The Morgan fingerprint density at radius 1 is 0.853 bits per heavy atom. The zero-order valence-electron chi connectivity index (χ0n) is 19.7. The van der Waals surface area contributed by atoms with Gasteiger partial charge in [-0.15, -0.1) is 0 Å². The number of fused-ring (bicyclic) bond motifs is 2. The van der Waals surface area contributed by atoms with Crippen molar-refractivity contribution in [3.63, 3.8) is 0 Å². The fourth-order valence-electron chi connectivity index (χ4n) is 4.71. The van der Waals surface area contributed by atoms with E-state index in [-0.39, 0.29) is 11.9 Å². The summed E-state index contributed by atoms with van der Waals surface area (Å²) in [7, 11) is 2.17. The SMILES string of the molecule is CN1CCN(CC(NC(=O)CCN2c3ccccc3Sc3ccccc32)c2ccccc2)CC1. The molecule has 2 aliphatic heterocycles. The van der Waals surface area contributed by atoms with Crippen molar-refractivity contribution < 1.29 is 4.79 Å². The smallest absolute Gasteiger partial charge is 0.222 e. The molecule has 5 rings (SSSR count). The van der Waals surface area contributed by atoms with Crippen LogP contribution < -0.4 is 10.2 Å². The quantitative estimate of drug-likeness (QED) is 0.536. The van der Waals surface area contributed by atoms with E-state index < -0.39 is 0 Å². The molecule has 2 heterocycles. The number of para-hydroxylation sites is 2. The van der Waals surface area contributed by atoms with Crippen LogP contribution >= 0.6 is 11.8 Å². The lowest BCUT2D eigenvalue weighted by molar-refractivity contribution is -0.121. The normalized spacial score (nSPS) is 17.0. The molecule has 1 saturated heterocycles. The van der Waals surface area contributed by atoms with E-state index >= 15 is 0 Å². The molecule has 3 aromatic carbocycles. The van der Waals surface area contributed by atoms with Gasteiger partial charge in [0.05, 0.1) is 17.4 Å². The standard InChI is InChI=1S/C28H32N4OS/c1-30-17-19-31(20-18-30)21-23(22-9-3-2-4-10-22)29-28(33)15-16-32-24-11-5-7-13-26(24)34-27-14-8-6-12-25(27)32/h2-14,23H,15-21H2,1H3,(H,29,33). The molecular formula is C28H32N4OS. The van der Waals surface area contributed by atoms with Crippen LogP contribution in [0.2, 0.25) is 0 Å². The molecule has 0 aromatic heterocycles. The summed E-state index contributed by atoms with van der Waals surface area (Å²) in [5.74, 6) is 0.0937. The Kier molecular flexibility index (Phi) is 7.19. The molecule has 1 fully saturated rings. The van der Waals surface area contributed by atoms with Crippen molar-refractivity contribution in [1.29, 1.82) is 0 Å². The molecule has 3 aromatic rings. The summed E-state index contributed by atoms with van der Waals surface area (Å²) >= 11 is 1.80. The highest BCUT2D eigenvalue weighted by molar-refractivity contribution is 7.99. The summed E-state index contributed by atoms with van der Waals surface area (Å²) in [6.07, 6.45) is 0.444. The first-order valence-electron chi connectivity index (χ1n) is 12.1. The van der Waals surface area contributed by atoms with Gasteiger partial charge in [-0.1, -0.05) is 66.4 Å². The number of piperazine rings is 1. The summed E-state index contributed by atoms with van der Waals surface area (Å²) in [5, 5.41) is 3.35. The maximum Gasteiger partial charge on any atom is 0.222 e. The number of nitrogens with one attached hydrogen (secondary N) is 1. The first-order valence-corrected chi connectivity index (χ1v) is 12.9. The predicted octanol–water partition coefficient (Wildman–Crippen LogP) is 4.78. The summed E-state index contributed by atoms with van der Waals surface area (Å²) in [6, 6.07) is 27.3. The topological polar surface area (TPSA) is 38.8 Å². The Morgan fingerprint density at radius 3 is 2.09 bits per heavy atom. The number of carbonyl (C=O) groups excluding carboxylic acids is 1. The Morgan fingerprint density at radius 2 is 1.44 bits per heavy atom. The average molecular weight is 473 g/mol. The Balaban J connectivity index is 1.28. The summed E-state index contributed by atoms with van der Waals surface area (Å²) < 4.78 is 0. The number of hydrogen-bond acceptors (Lipinski definition) is 5. The van der Waals surface area contributed by atoms with Crippen LogP contribution in [0.5, 0.6) is 0 Å². The van der Waals surface area contributed by atoms with Gasteiger partial charge < -0.3 is 15.1 Å². The second kappa shape index (κ2) is 10.6. The molecule has 2 aliphatic rings. The van der Waals surface area contributed by atoms with Gasteiger partial charge in [-0.3, -0.25) is 9.69 Å². The highest BCUT2D eigenvalue weighted by atomic mass is 32.2. The second-order valence-corrected chi connectivity index (χ2v) is 10.2. The molecule has 0 radical (unpaired) electrons. The number of nitrogens with zero attached hydrogens (tertiary/aromatic N) is 3. The van der Waals surface area contributed by atoms with E-state index in [9.17, 15) is 4.79 Å². The van der Waals surface area contributed by atoms with Crippen molar-refractivity contribution in [1.82, 2.24) is 15.1 Å². The first kappa shape index (κ1) is 23.0. The number of likely N-dealkylation sites (N-methyl/N-ethyl adjacent to an activating group) is 1. The van der Waals surface area contributed by atoms with Gasteiger partial charge in [0.2, 0.25) is 5.91 Å². The minimum absolute atomic E-state index is 0.00594. The molecule has 6 heteroatoms. The van der Waals surface area contributed by atoms with Crippen molar-refractivity contribution in [3.8, 4) is 0 Å². The second-order valence-electron chi connectivity index (χ2n) is 9.07. The van der Waals surface area contributed by atoms with Crippen LogP contribution in [0.1, 0.15) is 18.0 Å². The van der Waals surface area contributed by atoms with Crippen LogP contribution in [0.15, 0.2) is 88.7 Å². The van der Waals surface area contributed by atoms with E-state index in [2.05, 4.69) is 99.9 Å². The molecular weight excluding hydrogens is 440 g/mol. The summed E-state index contributed by atoms with van der Waals surface area (Å²) in [4.78, 5) is 22.8. The predicted molar refractivity (Wildman–Crippen MR) is 140 cm³/mol. The van der Waals surface area contributed by atoms with Gasteiger partial charge in [-0.05, 0) is 36.9 Å². The number of anilines is 2. The largest absolute Gasteiger partial charge is 0.348 e. The van der Waals surface area contributed by atoms with Gasteiger partial charge in [0.25, 0.3) is 0 Å². The maximum absolute atomic E-state index is 13.2. The fourth-order valence-corrected chi connectivity index (χ4v) is 5.81. The fraction of sp³-hybridized carbons (Fsp3) is 0.321. The first-order chi connectivity index (χ1) is 16.7. The minimum Gasteiger partial charge on any atom is -0.348 e. The van der Waals surface area contributed by atoms with E-state index in [1.165, 1.54) is 26.7 Å². The van der Waals surface area contributed by atoms with Crippen molar-refractivity contribution in [3.05, 3.63) is 84.4 Å². The molecule has 1 atom stereocenters. The van der Waals surface area contributed by atoms with E-state index in [0.717, 1.165) is 32.7 Å². The number of amides is 1. The van der Waals surface area contributed by atoms with Gasteiger partial charge in [0.1, 0.15) is 0 Å². The molecule has 1 unspecified atom stereocenters. The lowest BCUT2D eigenvalue weighted by atomic mass is 10.1. The zero-order valence-corrected chi connectivity index (χ0v) is 20.5. The Labute approximate surface area is 206 Å². The van der Waals surface area contributed by atoms with Gasteiger partial charge in [0.15, 0.2) is 0 Å². The molecule has 5 nitrogen and oxygen atoms in total. The Bertz CT molecular complexity index is 1070. The van der Waals surface area contributed by atoms with Crippen molar-refractivity contribution in [2.24, 2.45) is 0 Å². The van der Waals surface area contributed by atoms with Crippen molar-refractivity contribution >= 4 is 29.0 Å². The third-order valence-corrected chi connectivity index (χ3v) is 7.80. The number of rotatable bonds is 7. The highest BCUT2D eigenvalue weighted by Gasteiger charge is 2.25. The van der Waals surface area contributed by atoms with Crippen LogP contribution in [-0.4, -0.2) is 62.0 Å². The van der Waals surface area contributed by atoms with E-state index in [4.69, 9.17) is 0 Å². The van der Waals surface area contributed by atoms with Crippen LogP contribution in [0.4, 0.5) is 11.4 Å². The van der Waals surface area contributed by atoms with Crippen LogP contribution in [-0.2, 0) is 4.79 Å². The monoisotopic (exact) mass is 472 g/mol. The zero-order chi connectivity index (χ0) is 23.3. The van der Waals surface area contributed by atoms with Crippen LogP contribution in [0.3, 0.4) is 0 Å².